The molecule has 0 aliphatic carbocycles. The first-order valence-corrected chi connectivity index (χ1v) is 11.7. The second-order valence-corrected chi connectivity index (χ2v) is 8.66. The van der Waals surface area contributed by atoms with Gasteiger partial charge >= 0.3 is 0 Å². The number of benzene rings is 3. The van der Waals surface area contributed by atoms with Crippen LogP contribution in [0.1, 0.15) is 24.0 Å². The van der Waals surface area contributed by atoms with Crippen LogP contribution in [0, 0.1) is 0 Å². The summed E-state index contributed by atoms with van der Waals surface area (Å²) in [5.74, 6) is 1.46. The van der Waals surface area contributed by atoms with Crippen molar-refractivity contribution in [2.45, 2.75) is 30.9 Å². The number of thioether (sulfide) groups is 1. The maximum absolute atomic E-state index is 12.7. The highest BCUT2D eigenvalue weighted by Gasteiger charge is 2.22. The van der Waals surface area contributed by atoms with E-state index in [9.17, 15) is 9.59 Å². The van der Waals surface area contributed by atoms with E-state index in [0.717, 1.165) is 33.2 Å². The predicted molar refractivity (Wildman–Crippen MR) is 128 cm³/mol. The highest BCUT2D eigenvalue weighted by molar-refractivity contribution is 7.99. The van der Waals surface area contributed by atoms with Gasteiger partial charge in [-0.3, -0.25) is 9.59 Å². The number of rotatable bonds is 8. The van der Waals surface area contributed by atoms with E-state index in [2.05, 4.69) is 5.32 Å². The maximum atomic E-state index is 12.7. The largest absolute Gasteiger partial charge is 0.489 e. The lowest BCUT2D eigenvalue weighted by atomic mass is 10.2. The molecule has 0 unspecified atom stereocenters. The number of hydrogen-bond acceptors (Lipinski definition) is 4. The normalized spacial score (nSPS) is 12.7. The van der Waals surface area contributed by atoms with E-state index in [0.29, 0.717) is 19.7 Å². The molecule has 4 rings (SSSR count). The summed E-state index contributed by atoms with van der Waals surface area (Å²) in [5, 5.41) is 2.92. The van der Waals surface area contributed by atoms with E-state index in [-0.39, 0.29) is 24.7 Å². The summed E-state index contributed by atoms with van der Waals surface area (Å²) in [7, 11) is 0. The molecule has 3 aromatic rings. The third kappa shape index (κ3) is 5.71. The number of ether oxygens (including phenoxy) is 1. The molecule has 6 heteroatoms. The minimum absolute atomic E-state index is 0.0144. The molecule has 164 valence electrons. The standard InChI is InChI=1S/C26H26N2O3S/c29-25(14-15-26(30)28-16-17-32-24-13-7-5-11-22(24)28)27-18-21-10-4-6-12-23(21)31-19-20-8-2-1-3-9-20/h1-13H,14-19H2,(H,27,29). The van der Waals surface area contributed by atoms with Crippen LogP contribution in [0.5, 0.6) is 5.75 Å². The molecule has 0 saturated carbocycles. The third-order valence-corrected chi connectivity index (χ3v) is 6.32. The second kappa shape index (κ2) is 10.9. The molecule has 1 aliphatic rings. The van der Waals surface area contributed by atoms with Crippen molar-refractivity contribution in [3.8, 4) is 5.75 Å². The van der Waals surface area contributed by atoms with Gasteiger partial charge in [0.25, 0.3) is 0 Å². The van der Waals surface area contributed by atoms with E-state index in [4.69, 9.17) is 4.74 Å². The topological polar surface area (TPSA) is 58.6 Å². The Morgan fingerprint density at radius 2 is 1.66 bits per heavy atom. The van der Waals surface area contributed by atoms with Gasteiger partial charge in [-0.2, -0.15) is 0 Å². The summed E-state index contributed by atoms with van der Waals surface area (Å²) in [4.78, 5) is 28.1. The molecule has 1 aliphatic heterocycles. The van der Waals surface area contributed by atoms with Crippen LogP contribution in [-0.2, 0) is 22.7 Å². The summed E-state index contributed by atoms with van der Waals surface area (Å²) in [6.07, 6.45) is 0.356. The minimum Gasteiger partial charge on any atom is -0.489 e. The zero-order valence-corrected chi connectivity index (χ0v) is 18.6. The van der Waals surface area contributed by atoms with E-state index in [1.54, 1.807) is 16.7 Å². The molecule has 1 heterocycles. The van der Waals surface area contributed by atoms with Crippen molar-refractivity contribution in [2.24, 2.45) is 0 Å². The van der Waals surface area contributed by atoms with Crippen molar-refractivity contribution in [2.75, 3.05) is 17.2 Å². The Balaban J connectivity index is 1.27. The van der Waals surface area contributed by atoms with Gasteiger partial charge in [0.1, 0.15) is 12.4 Å². The fourth-order valence-corrected chi connectivity index (χ4v) is 4.59. The van der Waals surface area contributed by atoms with Gasteiger partial charge in [-0.25, -0.2) is 0 Å². The highest BCUT2D eigenvalue weighted by Crippen LogP contribution is 2.34. The van der Waals surface area contributed by atoms with Crippen LogP contribution in [0.3, 0.4) is 0 Å². The number of nitrogens with zero attached hydrogens (tertiary/aromatic N) is 1. The summed E-state index contributed by atoms with van der Waals surface area (Å²) in [6.45, 7) is 1.51. The molecule has 0 saturated heterocycles. The Hall–Kier alpha value is -3.25. The summed E-state index contributed by atoms with van der Waals surface area (Å²) < 4.78 is 5.95. The van der Waals surface area contributed by atoms with Crippen LogP contribution in [-0.4, -0.2) is 24.1 Å². The van der Waals surface area contributed by atoms with Crippen LogP contribution in [0.15, 0.2) is 83.8 Å². The second-order valence-electron chi connectivity index (χ2n) is 7.52. The summed E-state index contributed by atoms with van der Waals surface area (Å²) >= 11 is 1.76. The average molecular weight is 447 g/mol. The van der Waals surface area contributed by atoms with Gasteiger partial charge < -0.3 is 15.0 Å². The van der Waals surface area contributed by atoms with E-state index >= 15 is 0 Å². The first-order chi connectivity index (χ1) is 15.7. The fraction of sp³-hybridized carbons (Fsp3) is 0.231. The summed E-state index contributed by atoms with van der Waals surface area (Å²) in [6, 6.07) is 25.6. The maximum Gasteiger partial charge on any atom is 0.227 e. The van der Waals surface area contributed by atoms with Crippen LogP contribution in [0.25, 0.3) is 0 Å². The average Bonchev–Trinajstić information content (AvgIpc) is 2.85. The van der Waals surface area contributed by atoms with Gasteiger partial charge in [0.05, 0.1) is 5.69 Å². The fourth-order valence-electron chi connectivity index (χ4n) is 3.59. The molecule has 0 bridgehead atoms. The zero-order chi connectivity index (χ0) is 22.2. The van der Waals surface area contributed by atoms with Gasteiger partial charge in [0, 0.05) is 42.1 Å². The molecule has 32 heavy (non-hydrogen) atoms. The molecule has 0 atom stereocenters. The number of carbonyl (C=O) groups excluding carboxylic acids is 2. The van der Waals surface area contributed by atoms with Crippen molar-refractivity contribution in [3.63, 3.8) is 0 Å². The van der Waals surface area contributed by atoms with E-state index in [1.807, 2.05) is 78.9 Å². The lowest BCUT2D eigenvalue weighted by Crippen LogP contribution is -2.36. The number of hydrogen-bond donors (Lipinski definition) is 1. The molecular weight excluding hydrogens is 420 g/mol. The molecule has 0 aromatic heterocycles. The molecule has 3 aromatic carbocycles. The molecule has 1 N–H and O–H groups in total. The Labute approximate surface area is 192 Å². The van der Waals surface area contributed by atoms with Crippen LogP contribution in [0.2, 0.25) is 0 Å². The Morgan fingerprint density at radius 3 is 2.53 bits per heavy atom. The van der Waals surface area contributed by atoms with E-state index < -0.39 is 0 Å². The zero-order valence-electron chi connectivity index (χ0n) is 17.8. The number of fused-ring (bicyclic) bond motifs is 1. The smallest absolute Gasteiger partial charge is 0.227 e. The number of anilines is 1. The van der Waals surface area contributed by atoms with Gasteiger partial charge in [-0.1, -0.05) is 60.7 Å². The first-order valence-electron chi connectivity index (χ1n) is 10.7. The van der Waals surface area contributed by atoms with Crippen LogP contribution >= 0.6 is 11.8 Å². The first kappa shape index (κ1) is 22.0. The third-order valence-electron chi connectivity index (χ3n) is 5.28. The van der Waals surface area contributed by atoms with Crippen molar-refractivity contribution in [1.29, 1.82) is 0 Å². The molecular formula is C26H26N2O3S. The van der Waals surface area contributed by atoms with Crippen LogP contribution < -0.4 is 15.0 Å². The Bertz CT molecular complexity index is 1070. The monoisotopic (exact) mass is 446 g/mol. The number of amides is 2. The van der Waals surface area contributed by atoms with Crippen LogP contribution in [0.4, 0.5) is 5.69 Å². The number of para-hydroxylation sites is 2. The van der Waals surface area contributed by atoms with Crippen molar-refractivity contribution >= 4 is 29.3 Å². The molecule has 0 radical (unpaired) electrons. The Morgan fingerprint density at radius 1 is 0.906 bits per heavy atom. The Kier molecular flexibility index (Phi) is 7.46. The minimum atomic E-state index is -0.143. The van der Waals surface area contributed by atoms with Crippen molar-refractivity contribution < 1.29 is 14.3 Å². The molecule has 0 spiro atoms. The van der Waals surface area contributed by atoms with Gasteiger partial charge in [-0.15, -0.1) is 11.8 Å². The number of carbonyl (C=O) groups is 2. The molecule has 0 fully saturated rings. The van der Waals surface area contributed by atoms with Crippen molar-refractivity contribution in [3.05, 3.63) is 90.0 Å². The van der Waals surface area contributed by atoms with E-state index in [1.165, 1.54) is 0 Å². The van der Waals surface area contributed by atoms with Gasteiger partial charge in [-0.05, 0) is 23.8 Å². The number of nitrogens with one attached hydrogen (secondary N) is 1. The predicted octanol–water partition coefficient (Wildman–Crippen LogP) is 4.80. The van der Waals surface area contributed by atoms with Gasteiger partial charge in [0.15, 0.2) is 0 Å². The quantitative estimate of drug-likeness (QED) is 0.540. The summed E-state index contributed by atoms with van der Waals surface area (Å²) in [5.41, 5.74) is 2.94. The lowest BCUT2D eigenvalue weighted by molar-refractivity contribution is -0.125. The SMILES string of the molecule is O=C(CCC(=O)N1CCSc2ccccc21)NCc1ccccc1OCc1ccccc1. The highest BCUT2D eigenvalue weighted by atomic mass is 32.2. The molecule has 5 nitrogen and oxygen atoms in total. The van der Waals surface area contributed by atoms with Crippen molar-refractivity contribution in [1.82, 2.24) is 5.32 Å². The molecule has 2 amide bonds. The lowest BCUT2D eigenvalue weighted by Gasteiger charge is -2.29. The van der Waals surface area contributed by atoms with Gasteiger partial charge in [0.2, 0.25) is 11.8 Å².